The molecule has 2 aliphatic heterocycles. The molecule has 1 saturated carbocycles. The van der Waals surface area contributed by atoms with E-state index in [4.69, 9.17) is 10.5 Å². The molecule has 0 saturated heterocycles. The van der Waals surface area contributed by atoms with Gasteiger partial charge in [0.15, 0.2) is 0 Å². The highest BCUT2D eigenvalue weighted by molar-refractivity contribution is 8.04. The molecule has 2 unspecified atom stereocenters. The number of alkyl halides is 6. The second-order valence-corrected chi connectivity index (χ2v) is 10.2. The van der Waals surface area contributed by atoms with Crippen molar-refractivity contribution in [2.24, 2.45) is 0 Å². The summed E-state index contributed by atoms with van der Waals surface area (Å²) in [5.74, 6) is -15.8. The third kappa shape index (κ3) is 2.16. The first kappa shape index (κ1) is 22.7. The summed E-state index contributed by atoms with van der Waals surface area (Å²) >= 11 is 1.11. The number of nitrogens with zero attached hydrogens (tertiary/aromatic N) is 3. The fourth-order valence-electron chi connectivity index (χ4n) is 5.57. The van der Waals surface area contributed by atoms with Gasteiger partial charge in [0, 0.05) is 29.4 Å². The fourth-order valence-corrected chi connectivity index (χ4v) is 6.81. The topological polar surface area (TPSA) is 50.8 Å². The Balaban J connectivity index is 1.94. The van der Waals surface area contributed by atoms with E-state index in [2.05, 4.69) is 0 Å². The predicted octanol–water partition coefficient (Wildman–Crippen LogP) is 6.33. The smallest absolute Gasteiger partial charge is 0.363 e. The van der Waals surface area contributed by atoms with E-state index in [9.17, 15) is 8.78 Å². The minimum absolute atomic E-state index is 0.0856. The van der Waals surface area contributed by atoms with Crippen LogP contribution in [0.1, 0.15) is 25.0 Å². The molecule has 1 fully saturated rings. The second kappa shape index (κ2) is 6.31. The van der Waals surface area contributed by atoms with E-state index in [0.717, 1.165) is 11.8 Å². The number of nitriles is 2. The summed E-state index contributed by atoms with van der Waals surface area (Å²) < 4.78 is 88.9. The van der Waals surface area contributed by atoms with Crippen molar-refractivity contribution in [1.82, 2.24) is 0 Å². The number of benzene rings is 1. The van der Waals surface area contributed by atoms with E-state index < -0.39 is 39.2 Å². The van der Waals surface area contributed by atoms with Gasteiger partial charge in [-0.25, -0.2) is 0 Å². The Labute approximate surface area is 195 Å². The first-order valence-electron chi connectivity index (χ1n) is 10.1. The summed E-state index contributed by atoms with van der Waals surface area (Å²) in [5, 5.41) is 19.6. The van der Waals surface area contributed by atoms with Crippen molar-refractivity contribution in [1.29, 1.82) is 10.5 Å². The molecule has 0 spiro atoms. The number of thioether (sulfide) groups is 1. The van der Waals surface area contributed by atoms with Gasteiger partial charge in [0.2, 0.25) is 0 Å². The van der Waals surface area contributed by atoms with Crippen molar-refractivity contribution in [3.05, 3.63) is 63.1 Å². The summed E-state index contributed by atoms with van der Waals surface area (Å²) in [5.41, 5.74) is -4.10. The maximum Gasteiger partial charge on any atom is 0.380 e. The second-order valence-electron chi connectivity index (χ2n) is 8.91. The lowest BCUT2D eigenvalue weighted by molar-refractivity contribution is -0.257. The number of rotatable bonds is 1. The Hall–Kier alpha value is -3.11. The molecular formula is C24H15F6N3S. The summed E-state index contributed by atoms with van der Waals surface area (Å²) in [4.78, 5) is 1.65. The van der Waals surface area contributed by atoms with Crippen LogP contribution >= 0.6 is 11.8 Å². The SMILES string of the molecule is CN1c2ccc(C=C(C#N)C#N)cc2C2=C3C(=C4C=CSC4(C)C21C)C(F)(F)C(F)(F)C3(F)F. The summed E-state index contributed by atoms with van der Waals surface area (Å²) in [6, 6.07) is 7.84. The average molecular weight is 491 g/mol. The molecule has 34 heavy (non-hydrogen) atoms. The molecule has 2 atom stereocenters. The molecule has 1 aromatic carbocycles. The zero-order chi connectivity index (χ0) is 25.1. The quantitative estimate of drug-likeness (QED) is 0.340. The highest BCUT2D eigenvalue weighted by Gasteiger charge is 2.84. The van der Waals surface area contributed by atoms with Gasteiger partial charge < -0.3 is 4.90 Å². The van der Waals surface area contributed by atoms with Crippen LogP contribution in [0.5, 0.6) is 0 Å². The van der Waals surface area contributed by atoms with Crippen LogP contribution < -0.4 is 4.90 Å². The minimum Gasteiger partial charge on any atom is -0.363 e. The van der Waals surface area contributed by atoms with Crippen LogP contribution in [-0.4, -0.2) is 35.1 Å². The van der Waals surface area contributed by atoms with Gasteiger partial charge in [-0.05, 0) is 54.2 Å². The summed E-state index contributed by atoms with van der Waals surface area (Å²) in [6.07, 6.45) is 2.44. The highest BCUT2D eigenvalue weighted by Crippen LogP contribution is 2.73. The number of fused-ring (bicyclic) bond motifs is 6. The molecule has 0 bridgehead atoms. The molecule has 1 aromatic rings. The van der Waals surface area contributed by atoms with Crippen LogP contribution in [-0.2, 0) is 0 Å². The van der Waals surface area contributed by atoms with E-state index in [1.165, 1.54) is 23.6 Å². The standard InChI is InChI=1S/C24H15F6N3S/c1-20-17(14-9-12(8-13(10-31)11-32)4-5-16(14)33(20)3)19-18(15-6-7-34-21(15,20)2)22(25,26)24(29,30)23(19,27)28/h4-9H,1-3H3. The van der Waals surface area contributed by atoms with Crippen molar-refractivity contribution < 1.29 is 26.3 Å². The van der Waals surface area contributed by atoms with Gasteiger partial charge in [0.25, 0.3) is 0 Å². The van der Waals surface area contributed by atoms with Crippen LogP contribution in [0.25, 0.3) is 11.6 Å². The molecule has 174 valence electrons. The van der Waals surface area contributed by atoms with E-state index in [1.807, 2.05) is 0 Å². The third-order valence-electron chi connectivity index (χ3n) is 7.53. The lowest BCUT2D eigenvalue weighted by Gasteiger charge is -2.51. The molecule has 0 aromatic heterocycles. The lowest BCUT2D eigenvalue weighted by Crippen LogP contribution is -2.59. The Morgan fingerprint density at radius 3 is 2.21 bits per heavy atom. The molecule has 2 aliphatic carbocycles. The Kier molecular flexibility index (Phi) is 4.21. The predicted molar refractivity (Wildman–Crippen MR) is 116 cm³/mol. The third-order valence-corrected chi connectivity index (χ3v) is 8.89. The van der Waals surface area contributed by atoms with E-state index in [-0.39, 0.29) is 27.8 Å². The number of likely N-dealkylation sites (N-methyl/N-ethyl adjacent to an activating group) is 1. The fraction of sp³-hybridized carbons (Fsp3) is 0.333. The van der Waals surface area contributed by atoms with Gasteiger partial charge in [0.1, 0.15) is 17.7 Å². The summed E-state index contributed by atoms with van der Waals surface area (Å²) in [6.45, 7) is 3.18. The van der Waals surface area contributed by atoms with Crippen LogP contribution in [0.3, 0.4) is 0 Å². The first-order chi connectivity index (χ1) is 15.7. The molecule has 0 amide bonds. The molecule has 2 heterocycles. The van der Waals surface area contributed by atoms with Crippen LogP contribution in [0, 0.1) is 22.7 Å². The van der Waals surface area contributed by atoms with Gasteiger partial charge in [-0.2, -0.15) is 36.9 Å². The van der Waals surface area contributed by atoms with Crippen molar-refractivity contribution in [3.63, 3.8) is 0 Å². The van der Waals surface area contributed by atoms with Gasteiger partial charge in [-0.1, -0.05) is 12.1 Å². The monoisotopic (exact) mass is 491 g/mol. The van der Waals surface area contributed by atoms with E-state index in [1.54, 1.807) is 50.1 Å². The number of hydrogen-bond donors (Lipinski definition) is 0. The van der Waals surface area contributed by atoms with Crippen molar-refractivity contribution in [3.8, 4) is 12.1 Å². The van der Waals surface area contributed by atoms with E-state index in [0.29, 0.717) is 5.69 Å². The van der Waals surface area contributed by atoms with Crippen LogP contribution in [0.4, 0.5) is 32.0 Å². The molecule has 5 rings (SSSR count). The number of allylic oxidation sites excluding steroid dienone is 4. The zero-order valence-electron chi connectivity index (χ0n) is 18.0. The van der Waals surface area contributed by atoms with Crippen LogP contribution in [0.15, 0.2) is 52.0 Å². The van der Waals surface area contributed by atoms with Gasteiger partial charge in [0.05, 0.1) is 10.3 Å². The Bertz CT molecular complexity index is 1370. The minimum atomic E-state index is -5.62. The zero-order valence-corrected chi connectivity index (χ0v) is 18.8. The molecule has 3 nitrogen and oxygen atoms in total. The van der Waals surface area contributed by atoms with Crippen LogP contribution in [0.2, 0.25) is 0 Å². The molecule has 4 aliphatic rings. The molecule has 0 N–H and O–H groups in total. The number of hydrogen-bond acceptors (Lipinski definition) is 4. The van der Waals surface area contributed by atoms with Gasteiger partial charge in [-0.15, -0.1) is 11.8 Å². The summed E-state index contributed by atoms with van der Waals surface area (Å²) in [7, 11) is 1.61. The average Bonchev–Trinajstić information content (AvgIpc) is 3.30. The van der Waals surface area contributed by atoms with Crippen molar-refractivity contribution in [2.75, 3.05) is 11.9 Å². The Morgan fingerprint density at radius 2 is 1.59 bits per heavy atom. The maximum atomic E-state index is 15.3. The molecule has 10 heteroatoms. The normalized spacial score (nSPS) is 30.9. The molecule has 0 radical (unpaired) electrons. The van der Waals surface area contributed by atoms with Gasteiger partial charge in [-0.3, -0.25) is 0 Å². The lowest BCUT2D eigenvalue weighted by atomic mass is 9.66. The van der Waals surface area contributed by atoms with Crippen molar-refractivity contribution >= 4 is 29.1 Å². The first-order valence-corrected chi connectivity index (χ1v) is 11.0. The number of anilines is 1. The van der Waals surface area contributed by atoms with Crippen molar-refractivity contribution in [2.45, 2.75) is 41.9 Å². The maximum absolute atomic E-state index is 15.3. The largest absolute Gasteiger partial charge is 0.380 e. The van der Waals surface area contributed by atoms with E-state index >= 15 is 17.6 Å². The molecular weight excluding hydrogens is 476 g/mol. The Morgan fingerprint density at radius 1 is 0.971 bits per heavy atom. The highest BCUT2D eigenvalue weighted by atomic mass is 32.2. The van der Waals surface area contributed by atoms with Gasteiger partial charge >= 0.3 is 17.8 Å². The number of halogens is 6.